The molecule has 2 heterocycles. The minimum Gasteiger partial charge on any atom is -0.482 e. The lowest BCUT2D eigenvalue weighted by Gasteiger charge is -2.23. The molecule has 0 N–H and O–H groups in total. The maximum absolute atomic E-state index is 5.95. The zero-order chi connectivity index (χ0) is 13.7. The molecule has 0 radical (unpaired) electrons. The number of fused-ring (bicyclic) bond motifs is 1. The van der Waals surface area contributed by atoms with Crippen LogP contribution < -0.4 is 4.74 Å². The molecule has 0 saturated carbocycles. The fourth-order valence-corrected chi connectivity index (χ4v) is 2.43. The smallest absolute Gasteiger partial charge is 0.217 e. The standard InChI is InChI=1S/C12H12BrN3O.C2H6/c13-12-14-11-10(7-4-8-16(11)15-12)17-9-5-2-1-3-6-9;1-2/h1-3,5-6,10H,4,7-8H2;1-2H3. The van der Waals surface area contributed by atoms with Gasteiger partial charge in [-0.1, -0.05) is 32.0 Å². The fraction of sp³-hybridized carbons (Fsp3) is 0.429. The molecule has 19 heavy (non-hydrogen) atoms. The molecular weight excluding hydrogens is 306 g/mol. The summed E-state index contributed by atoms with van der Waals surface area (Å²) in [4.78, 5) is 4.37. The molecule has 1 atom stereocenters. The van der Waals surface area contributed by atoms with Gasteiger partial charge in [-0.25, -0.2) is 9.67 Å². The van der Waals surface area contributed by atoms with E-state index < -0.39 is 0 Å². The van der Waals surface area contributed by atoms with Gasteiger partial charge in [0.15, 0.2) is 11.9 Å². The zero-order valence-corrected chi connectivity index (χ0v) is 12.8. The second-order valence-electron chi connectivity index (χ2n) is 4.02. The SMILES string of the molecule is Brc1nc2n(n1)CCCC2Oc1ccccc1.CC. The van der Waals surface area contributed by atoms with Crippen molar-refractivity contribution < 1.29 is 4.74 Å². The summed E-state index contributed by atoms with van der Waals surface area (Å²) < 4.78 is 8.50. The van der Waals surface area contributed by atoms with Crippen molar-refractivity contribution in [1.82, 2.24) is 14.8 Å². The number of hydrogen-bond acceptors (Lipinski definition) is 3. The van der Waals surface area contributed by atoms with Gasteiger partial charge in [0.2, 0.25) is 4.73 Å². The van der Waals surface area contributed by atoms with Gasteiger partial charge in [-0.15, -0.1) is 5.10 Å². The number of ether oxygens (including phenoxy) is 1. The van der Waals surface area contributed by atoms with E-state index in [9.17, 15) is 0 Å². The number of nitrogens with zero attached hydrogens (tertiary/aromatic N) is 3. The first-order chi connectivity index (χ1) is 9.33. The van der Waals surface area contributed by atoms with Gasteiger partial charge in [0.05, 0.1) is 0 Å². The fourth-order valence-electron chi connectivity index (χ4n) is 2.06. The first kappa shape index (κ1) is 14.1. The van der Waals surface area contributed by atoms with Crippen molar-refractivity contribution in [2.75, 3.05) is 0 Å². The largest absolute Gasteiger partial charge is 0.482 e. The molecule has 0 bridgehead atoms. The Morgan fingerprint density at radius 2 is 2.00 bits per heavy atom. The van der Waals surface area contributed by atoms with Gasteiger partial charge < -0.3 is 4.74 Å². The van der Waals surface area contributed by atoms with Crippen LogP contribution in [0.5, 0.6) is 5.75 Å². The molecule has 0 aliphatic carbocycles. The van der Waals surface area contributed by atoms with Crippen LogP contribution in [0.25, 0.3) is 0 Å². The van der Waals surface area contributed by atoms with Crippen LogP contribution in [0.4, 0.5) is 0 Å². The Morgan fingerprint density at radius 1 is 1.26 bits per heavy atom. The van der Waals surface area contributed by atoms with Crippen LogP contribution in [0.15, 0.2) is 35.1 Å². The summed E-state index contributed by atoms with van der Waals surface area (Å²) in [5.74, 6) is 1.79. The normalized spacial score (nSPS) is 17.1. The Hall–Kier alpha value is -1.36. The summed E-state index contributed by atoms with van der Waals surface area (Å²) in [7, 11) is 0. The third kappa shape index (κ3) is 3.35. The van der Waals surface area contributed by atoms with Crippen LogP contribution in [-0.2, 0) is 6.54 Å². The quantitative estimate of drug-likeness (QED) is 0.839. The van der Waals surface area contributed by atoms with Crippen LogP contribution in [-0.4, -0.2) is 14.8 Å². The second-order valence-corrected chi connectivity index (χ2v) is 4.73. The molecule has 0 fully saturated rings. The van der Waals surface area contributed by atoms with Gasteiger partial charge in [0.25, 0.3) is 0 Å². The van der Waals surface area contributed by atoms with Crippen molar-refractivity contribution in [2.45, 2.75) is 39.3 Å². The van der Waals surface area contributed by atoms with E-state index in [1.165, 1.54) is 0 Å². The van der Waals surface area contributed by atoms with Crippen molar-refractivity contribution in [3.63, 3.8) is 0 Å². The molecule has 5 heteroatoms. The summed E-state index contributed by atoms with van der Waals surface area (Å²) in [6.07, 6.45) is 2.06. The van der Waals surface area contributed by atoms with E-state index in [1.807, 2.05) is 48.9 Å². The van der Waals surface area contributed by atoms with Crippen LogP contribution >= 0.6 is 15.9 Å². The molecular formula is C14H18BrN3O. The number of aryl methyl sites for hydroxylation is 1. The van der Waals surface area contributed by atoms with E-state index in [2.05, 4.69) is 26.0 Å². The van der Waals surface area contributed by atoms with Crippen molar-refractivity contribution >= 4 is 15.9 Å². The Morgan fingerprint density at radius 3 is 2.74 bits per heavy atom. The lowest BCUT2D eigenvalue weighted by atomic mass is 10.1. The van der Waals surface area contributed by atoms with Gasteiger partial charge in [0.1, 0.15) is 5.75 Å². The number of hydrogen-bond donors (Lipinski definition) is 0. The van der Waals surface area contributed by atoms with Crippen molar-refractivity contribution in [2.24, 2.45) is 0 Å². The van der Waals surface area contributed by atoms with Crippen LogP contribution in [0, 0.1) is 0 Å². The Balaban J connectivity index is 0.000000637. The number of para-hydroxylation sites is 1. The van der Waals surface area contributed by atoms with Crippen molar-refractivity contribution in [1.29, 1.82) is 0 Å². The number of benzene rings is 1. The molecule has 1 aliphatic heterocycles. The Kier molecular flexibility index (Phi) is 4.96. The van der Waals surface area contributed by atoms with Gasteiger partial charge in [-0.2, -0.15) is 0 Å². The monoisotopic (exact) mass is 323 g/mol. The highest BCUT2D eigenvalue weighted by atomic mass is 79.9. The predicted octanol–water partition coefficient (Wildman–Crippen LogP) is 3.98. The van der Waals surface area contributed by atoms with Crippen molar-refractivity contribution in [3.8, 4) is 5.75 Å². The maximum Gasteiger partial charge on any atom is 0.217 e. The van der Waals surface area contributed by atoms with Gasteiger partial charge >= 0.3 is 0 Å². The summed E-state index contributed by atoms with van der Waals surface area (Å²) in [6, 6.07) is 9.85. The summed E-state index contributed by atoms with van der Waals surface area (Å²) in [5, 5.41) is 4.29. The van der Waals surface area contributed by atoms with E-state index >= 15 is 0 Å². The molecule has 0 saturated heterocycles. The van der Waals surface area contributed by atoms with Gasteiger partial charge in [-0.3, -0.25) is 0 Å². The molecule has 0 amide bonds. The average Bonchev–Trinajstić information content (AvgIpc) is 2.84. The van der Waals surface area contributed by atoms with E-state index in [0.717, 1.165) is 31.0 Å². The van der Waals surface area contributed by atoms with Gasteiger partial charge in [-0.05, 0) is 40.9 Å². The van der Waals surface area contributed by atoms with E-state index in [1.54, 1.807) is 0 Å². The lowest BCUT2D eigenvalue weighted by molar-refractivity contribution is 0.155. The van der Waals surface area contributed by atoms with E-state index in [0.29, 0.717) is 4.73 Å². The second kappa shape index (κ2) is 6.70. The molecule has 1 aliphatic rings. The molecule has 102 valence electrons. The molecule has 3 rings (SSSR count). The van der Waals surface area contributed by atoms with E-state index in [-0.39, 0.29) is 6.10 Å². The lowest BCUT2D eigenvalue weighted by Crippen LogP contribution is -2.21. The zero-order valence-electron chi connectivity index (χ0n) is 11.2. The first-order valence-electron chi connectivity index (χ1n) is 6.65. The molecule has 0 spiro atoms. The number of aromatic nitrogens is 3. The Bertz CT molecular complexity index is 513. The molecule has 2 aromatic rings. The maximum atomic E-state index is 5.95. The van der Waals surface area contributed by atoms with Crippen molar-refractivity contribution in [3.05, 3.63) is 40.9 Å². The predicted molar refractivity (Wildman–Crippen MR) is 78.1 cm³/mol. The third-order valence-electron chi connectivity index (χ3n) is 2.82. The highest BCUT2D eigenvalue weighted by Gasteiger charge is 2.25. The van der Waals surface area contributed by atoms with Crippen LogP contribution in [0.2, 0.25) is 0 Å². The van der Waals surface area contributed by atoms with Gasteiger partial charge in [0, 0.05) is 6.54 Å². The number of rotatable bonds is 2. The summed E-state index contributed by atoms with van der Waals surface area (Å²) in [5.41, 5.74) is 0. The third-order valence-corrected chi connectivity index (χ3v) is 3.16. The highest BCUT2D eigenvalue weighted by molar-refractivity contribution is 9.10. The molecule has 4 nitrogen and oxygen atoms in total. The first-order valence-corrected chi connectivity index (χ1v) is 7.44. The topological polar surface area (TPSA) is 39.9 Å². The van der Waals surface area contributed by atoms with E-state index in [4.69, 9.17) is 4.74 Å². The molecule has 1 unspecified atom stereocenters. The average molecular weight is 324 g/mol. The number of halogens is 1. The van der Waals surface area contributed by atoms with Crippen LogP contribution in [0.3, 0.4) is 0 Å². The Labute approximate surface area is 121 Å². The highest BCUT2D eigenvalue weighted by Crippen LogP contribution is 2.29. The molecule has 1 aromatic carbocycles. The van der Waals surface area contributed by atoms with Crippen LogP contribution in [0.1, 0.15) is 38.6 Å². The minimum atomic E-state index is 0.00458. The summed E-state index contributed by atoms with van der Waals surface area (Å²) >= 11 is 3.31. The summed E-state index contributed by atoms with van der Waals surface area (Å²) in [6.45, 7) is 4.92. The molecule has 1 aromatic heterocycles. The minimum absolute atomic E-state index is 0.00458.